The molecule has 0 heterocycles. The molecule has 0 unspecified atom stereocenters. The molecule has 0 atom stereocenters. The van der Waals surface area contributed by atoms with Crippen molar-refractivity contribution in [2.24, 2.45) is 10.1 Å². The second-order valence-electron chi connectivity index (χ2n) is 6.35. The number of nitrogens with two attached hydrogens (primary N) is 1. The van der Waals surface area contributed by atoms with E-state index in [1.807, 2.05) is 0 Å². The molecular weight excluding hydrogens is 380 g/mol. The number of carbonyl (C=O) groups excluding carboxylic acids is 3. The molecule has 0 spiro atoms. The van der Waals surface area contributed by atoms with Gasteiger partial charge in [-0.3, -0.25) is 14.4 Å². The number of rotatable bonds is 6. The summed E-state index contributed by atoms with van der Waals surface area (Å²) in [7, 11) is -2.33. The highest BCUT2D eigenvalue weighted by molar-refractivity contribution is 7.92. The minimum absolute atomic E-state index is 0.220. The Morgan fingerprint density at radius 3 is 2.43 bits per heavy atom. The van der Waals surface area contributed by atoms with Crippen LogP contribution < -0.4 is 16.4 Å². The summed E-state index contributed by atoms with van der Waals surface area (Å²) in [5.74, 6) is -2.14. The summed E-state index contributed by atoms with van der Waals surface area (Å²) in [6.07, 6.45) is 3.45. The number of anilines is 1. The molecule has 0 bridgehead atoms. The van der Waals surface area contributed by atoms with Crippen LogP contribution in [0.15, 0.2) is 52.9 Å². The summed E-state index contributed by atoms with van der Waals surface area (Å²) in [6, 6.07) is 13.2. The predicted molar refractivity (Wildman–Crippen MR) is 109 cm³/mol. The first kappa shape index (κ1) is 21.1. The molecule has 2 aromatic carbocycles. The number of primary amides is 1. The molecule has 2 rings (SSSR count). The summed E-state index contributed by atoms with van der Waals surface area (Å²) in [4.78, 5) is 35.2. The van der Waals surface area contributed by atoms with Crippen LogP contribution in [0.5, 0.6) is 0 Å². The fourth-order valence-corrected chi connectivity index (χ4v) is 2.98. The van der Waals surface area contributed by atoms with Crippen molar-refractivity contribution in [3.63, 3.8) is 0 Å². The minimum atomic E-state index is -2.33. The van der Waals surface area contributed by atoms with E-state index in [9.17, 15) is 18.6 Å². The van der Waals surface area contributed by atoms with E-state index in [2.05, 4.69) is 15.0 Å². The molecule has 28 heavy (non-hydrogen) atoms. The van der Waals surface area contributed by atoms with Gasteiger partial charge in [-0.25, -0.2) is 4.21 Å². The van der Waals surface area contributed by atoms with Crippen molar-refractivity contribution >= 4 is 38.8 Å². The van der Waals surface area contributed by atoms with E-state index in [0.717, 1.165) is 5.56 Å². The summed E-state index contributed by atoms with van der Waals surface area (Å²) >= 11 is 0. The molecule has 2 aromatic rings. The van der Waals surface area contributed by atoms with Crippen molar-refractivity contribution in [3.8, 4) is 0 Å². The van der Waals surface area contributed by atoms with Gasteiger partial charge < -0.3 is 16.4 Å². The predicted octanol–water partition coefficient (Wildman–Crippen LogP) is 1.44. The first-order valence-electron chi connectivity index (χ1n) is 8.39. The maximum atomic E-state index is 12.0. The summed E-state index contributed by atoms with van der Waals surface area (Å²) in [6.45, 7) is 0.220. The Morgan fingerprint density at radius 1 is 1.04 bits per heavy atom. The van der Waals surface area contributed by atoms with E-state index >= 15 is 0 Å². The lowest BCUT2D eigenvalue weighted by Crippen LogP contribution is -2.36. The van der Waals surface area contributed by atoms with Gasteiger partial charge in [-0.15, -0.1) is 0 Å². The van der Waals surface area contributed by atoms with Gasteiger partial charge in [-0.2, -0.15) is 4.36 Å². The molecule has 0 saturated heterocycles. The smallest absolute Gasteiger partial charge is 0.313 e. The van der Waals surface area contributed by atoms with Crippen molar-refractivity contribution in [1.82, 2.24) is 5.32 Å². The lowest BCUT2D eigenvalue weighted by atomic mass is 10.1. The Morgan fingerprint density at radius 2 is 1.75 bits per heavy atom. The van der Waals surface area contributed by atoms with Crippen molar-refractivity contribution in [2.75, 3.05) is 24.4 Å². The molecule has 148 valence electrons. The third-order valence-corrected chi connectivity index (χ3v) is 4.20. The Balaban J connectivity index is 1.91. The Kier molecular flexibility index (Phi) is 6.89. The van der Waals surface area contributed by atoms with E-state index in [1.165, 1.54) is 18.6 Å². The van der Waals surface area contributed by atoms with Gasteiger partial charge in [-0.05, 0) is 42.3 Å². The van der Waals surface area contributed by atoms with Crippen molar-refractivity contribution < 1.29 is 18.6 Å². The van der Waals surface area contributed by atoms with Crippen LogP contribution in [0.1, 0.15) is 15.9 Å². The van der Waals surface area contributed by atoms with Crippen LogP contribution in [0.25, 0.3) is 0 Å². The Labute approximate surface area is 163 Å². The quantitative estimate of drug-likeness (QED) is 0.631. The molecule has 4 N–H and O–H groups in total. The fraction of sp³-hybridized carbons (Fsp3) is 0.211. The number of hydrogen-bond acceptors (Lipinski definition) is 5. The van der Waals surface area contributed by atoms with Crippen LogP contribution in [0.4, 0.5) is 11.4 Å². The highest BCUT2D eigenvalue weighted by Crippen LogP contribution is 2.19. The number of nitrogens with one attached hydrogen (secondary N) is 2. The topological polar surface area (TPSA) is 131 Å². The zero-order chi connectivity index (χ0) is 20.7. The van der Waals surface area contributed by atoms with Gasteiger partial charge in [0.05, 0.1) is 5.69 Å². The summed E-state index contributed by atoms with van der Waals surface area (Å²) in [5, 5.41) is 4.99. The number of benzene rings is 2. The lowest BCUT2D eigenvalue weighted by Gasteiger charge is -2.08. The van der Waals surface area contributed by atoms with E-state index in [4.69, 9.17) is 5.73 Å². The van der Waals surface area contributed by atoms with Crippen LogP contribution in [-0.2, 0) is 25.7 Å². The van der Waals surface area contributed by atoms with Crippen LogP contribution in [-0.4, -0.2) is 41.0 Å². The SMILES string of the molecule is CS(C)(=O)=Nc1cccc(NC(=O)C(=O)NCCc2cccc(C(N)=O)c2)c1. The average Bonchev–Trinajstić information content (AvgIpc) is 2.60. The highest BCUT2D eigenvalue weighted by Gasteiger charge is 2.13. The fourth-order valence-electron chi connectivity index (χ4n) is 2.36. The van der Waals surface area contributed by atoms with Crippen molar-refractivity contribution in [1.29, 1.82) is 0 Å². The summed E-state index contributed by atoms with van der Waals surface area (Å²) in [5.41, 5.74) is 7.25. The Bertz CT molecular complexity index is 1020. The number of amides is 3. The second kappa shape index (κ2) is 9.14. The maximum Gasteiger partial charge on any atom is 0.313 e. The van der Waals surface area contributed by atoms with Crippen LogP contribution in [0.2, 0.25) is 0 Å². The number of carbonyl (C=O) groups is 3. The number of nitrogens with zero attached hydrogens (tertiary/aromatic N) is 1. The molecule has 0 aliphatic rings. The maximum absolute atomic E-state index is 12.0. The van der Waals surface area contributed by atoms with Gasteiger partial charge in [0.25, 0.3) is 0 Å². The van der Waals surface area contributed by atoms with Gasteiger partial charge in [-0.1, -0.05) is 18.2 Å². The third-order valence-electron chi connectivity index (χ3n) is 3.55. The average molecular weight is 402 g/mol. The molecular formula is C19H22N4O4S. The molecule has 8 nitrogen and oxygen atoms in total. The normalized spacial score (nSPS) is 10.8. The second-order valence-corrected chi connectivity index (χ2v) is 8.89. The first-order chi connectivity index (χ1) is 13.1. The summed E-state index contributed by atoms with van der Waals surface area (Å²) < 4.78 is 15.8. The highest BCUT2D eigenvalue weighted by atomic mass is 32.2. The van der Waals surface area contributed by atoms with Gasteiger partial charge in [0.1, 0.15) is 0 Å². The molecule has 0 aliphatic carbocycles. The third kappa shape index (κ3) is 6.84. The Hall–Kier alpha value is -3.20. The number of hydrogen-bond donors (Lipinski definition) is 3. The van der Waals surface area contributed by atoms with Gasteiger partial charge in [0.2, 0.25) is 5.91 Å². The van der Waals surface area contributed by atoms with Gasteiger partial charge >= 0.3 is 11.8 Å². The van der Waals surface area contributed by atoms with Crippen LogP contribution in [0.3, 0.4) is 0 Å². The van der Waals surface area contributed by atoms with Crippen LogP contribution >= 0.6 is 0 Å². The van der Waals surface area contributed by atoms with Crippen molar-refractivity contribution in [2.45, 2.75) is 6.42 Å². The van der Waals surface area contributed by atoms with Crippen molar-refractivity contribution in [3.05, 3.63) is 59.7 Å². The lowest BCUT2D eigenvalue weighted by molar-refractivity contribution is -0.136. The minimum Gasteiger partial charge on any atom is -0.366 e. The molecule has 9 heteroatoms. The first-order valence-corrected chi connectivity index (χ1v) is 10.7. The standard InChI is InChI=1S/C19H22N4O4S/c1-28(2,27)23-16-8-4-7-15(12-16)22-19(26)18(25)21-10-9-13-5-3-6-14(11-13)17(20)24/h3-8,11-12H,9-10H2,1-2H3,(H2,20,24)(H,21,25)(H,22,26). The van der Waals surface area contributed by atoms with Gasteiger partial charge in [0, 0.05) is 40.0 Å². The largest absolute Gasteiger partial charge is 0.366 e. The zero-order valence-electron chi connectivity index (χ0n) is 15.6. The molecule has 0 aromatic heterocycles. The van der Waals surface area contributed by atoms with Crippen LogP contribution in [0, 0.1) is 0 Å². The van der Waals surface area contributed by atoms with E-state index in [0.29, 0.717) is 23.4 Å². The molecule has 3 amide bonds. The molecule has 0 aliphatic heterocycles. The molecule has 0 radical (unpaired) electrons. The zero-order valence-corrected chi connectivity index (χ0v) is 16.4. The van der Waals surface area contributed by atoms with E-state index in [-0.39, 0.29) is 6.54 Å². The van der Waals surface area contributed by atoms with E-state index in [1.54, 1.807) is 42.5 Å². The monoisotopic (exact) mass is 402 g/mol. The molecule has 0 fully saturated rings. The van der Waals surface area contributed by atoms with E-state index < -0.39 is 27.5 Å². The molecule has 0 saturated carbocycles. The van der Waals surface area contributed by atoms with Gasteiger partial charge in [0.15, 0.2) is 0 Å².